The maximum absolute atomic E-state index is 13.3. The average molecular weight is 408 g/mol. The molecule has 1 aromatic heterocycles. The summed E-state index contributed by atoms with van der Waals surface area (Å²) in [6.07, 6.45) is 1.75. The Morgan fingerprint density at radius 3 is 2.55 bits per heavy atom. The molecule has 0 fully saturated rings. The number of fused-ring (bicyclic) bond motifs is 1. The number of nitrogens with one attached hydrogen (secondary N) is 2. The van der Waals surface area contributed by atoms with Crippen LogP contribution in [0.25, 0.3) is 0 Å². The number of aromatic nitrogens is 3. The third-order valence-corrected chi connectivity index (χ3v) is 6.44. The second kappa shape index (κ2) is 8.29. The second-order valence-corrected chi connectivity index (χ2v) is 8.24. The lowest BCUT2D eigenvalue weighted by Crippen LogP contribution is -2.41. The standard InChI is InChI=1S/C22H25N5OS/c1-4-15-10-12-16(13-11-15)19-20(21(28)23-17-9-7-6-8-14(17)3)29-22-25-24-18(5-2)27(22)26-19/h6-13,19-20,26H,4-5H2,1-3H3,(H,23,28)/t19-,20-/m1/s1. The number of hydrogen-bond donors (Lipinski definition) is 2. The minimum absolute atomic E-state index is 0.0475. The fourth-order valence-electron chi connectivity index (χ4n) is 3.46. The van der Waals surface area contributed by atoms with Crippen LogP contribution >= 0.6 is 11.8 Å². The molecule has 0 radical (unpaired) electrons. The highest BCUT2D eigenvalue weighted by molar-refractivity contribution is 8.00. The van der Waals surface area contributed by atoms with Gasteiger partial charge in [-0.3, -0.25) is 4.79 Å². The third kappa shape index (κ3) is 3.87. The third-order valence-electron chi connectivity index (χ3n) is 5.23. The van der Waals surface area contributed by atoms with Gasteiger partial charge in [0.15, 0.2) is 5.82 Å². The first-order valence-electron chi connectivity index (χ1n) is 9.93. The fourth-order valence-corrected chi connectivity index (χ4v) is 4.55. The van der Waals surface area contributed by atoms with Gasteiger partial charge in [0.05, 0.1) is 6.04 Å². The van der Waals surface area contributed by atoms with E-state index in [2.05, 4.69) is 52.1 Å². The van der Waals surface area contributed by atoms with Crippen LogP contribution in [0.15, 0.2) is 53.7 Å². The summed E-state index contributed by atoms with van der Waals surface area (Å²) in [5, 5.41) is 12.0. The van der Waals surface area contributed by atoms with Crippen molar-refractivity contribution in [3.8, 4) is 0 Å². The summed E-state index contributed by atoms with van der Waals surface area (Å²) in [6, 6.07) is 16.1. The topological polar surface area (TPSA) is 71.8 Å². The lowest BCUT2D eigenvalue weighted by atomic mass is 10.0. The van der Waals surface area contributed by atoms with Crippen LogP contribution in [0.1, 0.15) is 42.4 Å². The van der Waals surface area contributed by atoms with Crippen molar-refractivity contribution >= 4 is 23.4 Å². The Morgan fingerprint density at radius 1 is 1.10 bits per heavy atom. The van der Waals surface area contributed by atoms with E-state index in [-0.39, 0.29) is 17.2 Å². The van der Waals surface area contributed by atoms with E-state index in [1.54, 1.807) is 0 Å². The lowest BCUT2D eigenvalue weighted by molar-refractivity contribution is -0.116. The number of benzene rings is 2. The monoisotopic (exact) mass is 407 g/mol. The van der Waals surface area contributed by atoms with Gasteiger partial charge in [0.2, 0.25) is 11.1 Å². The molecular formula is C22H25N5OS. The van der Waals surface area contributed by atoms with Crippen molar-refractivity contribution in [1.29, 1.82) is 0 Å². The maximum Gasteiger partial charge on any atom is 0.240 e. The van der Waals surface area contributed by atoms with Crippen LogP contribution in [0.2, 0.25) is 0 Å². The molecule has 0 saturated heterocycles. The van der Waals surface area contributed by atoms with E-state index in [1.165, 1.54) is 17.3 Å². The minimum Gasteiger partial charge on any atom is -0.325 e. The number of aryl methyl sites for hydroxylation is 3. The number of carbonyl (C=O) groups excluding carboxylic acids is 1. The largest absolute Gasteiger partial charge is 0.325 e. The van der Waals surface area contributed by atoms with Crippen molar-refractivity contribution < 1.29 is 4.79 Å². The number of rotatable bonds is 5. The van der Waals surface area contributed by atoms with E-state index in [0.717, 1.165) is 35.5 Å². The van der Waals surface area contributed by atoms with Gasteiger partial charge in [-0.25, -0.2) is 4.68 Å². The Bertz CT molecular complexity index is 1010. The molecular weight excluding hydrogens is 382 g/mol. The summed E-state index contributed by atoms with van der Waals surface area (Å²) in [4.78, 5) is 13.3. The Balaban J connectivity index is 1.68. The zero-order valence-electron chi connectivity index (χ0n) is 16.8. The predicted octanol–water partition coefficient (Wildman–Crippen LogP) is 4.11. The van der Waals surface area contributed by atoms with E-state index < -0.39 is 0 Å². The molecule has 4 rings (SSSR count). The zero-order valence-corrected chi connectivity index (χ0v) is 17.7. The number of nitrogens with zero attached hydrogens (tertiary/aromatic N) is 3. The molecule has 1 amide bonds. The molecule has 0 unspecified atom stereocenters. The van der Waals surface area contributed by atoms with Crippen LogP contribution in [-0.2, 0) is 17.6 Å². The Morgan fingerprint density at radius 2 is 1.86 bits per heavy atom. The first-order valence-corrected chi connectivity index (χ1v) is 10.8. The smallest absolute Gasteiger partial charge is 0.240 e. The van der Waals surface area contributed by atoms with Crippen LogP contribution < -0.4 is 10.7 Å². The molecule has 1 aliphatic rings. The van der Waals surface area contributed by atoms with Crippen molar-refractivity contribution in [1.82, 2.24) is 14.9 Å². The van der Waals surface area contributed by atoms with Gasteiger partial charge < -0.3 is 10.7 Å². The first-order chi connectivity index (χ1) is 14.1. The van der Waals surface area contributed by atoms with E-state index in [9.17, 15) is 4.79 Å². The summed E-state index contributed by atoms with van der Waals surface area (Å²) in [6.45, 7) is 6.18. The number of amides is 1. The summed E-state index contributed by atoms with van der Waals surface area (Å²) in [7, 11) is 0. The highest BCUT2D eigenvalue weighted by Crippen LogP contribution is 2.37. The van der Waals surface area contributed by atoms with Gasteiger partial charge in [-0.05, 0) is 36.1 Å². The molecule has 2 atom stereocenters. The van der Waals surface area contributed by atoms with Gasteiger partial charge in [-0.15, -0.1) is 10.2 Å². The van der Waals surface area contributed by atoms with Crippen molar-refractivity contribution in [2.24, 2.45) is 0 Å². The Hall–Kier alpha value is -2.80. The van der Waals surface area contributed by atoms with E-state index in [4.69, 9.17) is 0 Å². The lowest BCUT2D eigenvalue weighted by Gasteiger charge is -2.33. The molecule has 2 N–H and O–H groups in total. The van der Waals surface area contributed by atoms with Crippen LogP contribution in [0, 0.1) is 6.92 Å². The zero-order chi connectivity index (χ0) is 20.4. The molecule has 6 nitrogen and oxygen atoms in total. The SMILES string of the molecule is CCc1ccc([C@H]2Nn3c(CC)nnc3S[C@H]2C(=O)Nc2ccccc2C)cc1. The molecule has 2 heterocycles. The molecule has 0 aliphatic carbocycles. The van der Waals surface area contributed by atoms with Gasteiger partial charge in [0.1, 0.15) is 5.25 Å². The van der Waals surface area contributed by atoms with Crippen LogP contribution in [0.3, 0.4) is 0 Å². The Labute approximate surface area is 175 Å². The number of anilines is 1. The molecule has 2 aromatic carbocycles. The highest BCUT2D eigenvalue weighted by atomic mass is 32.2. The van der Waals surface area contributed by atoms with Crippen molar-refractivity contribution in [2.75, 3.05) is 10.7 Å². The summed E-state index contributed by atoms with van der Waals surface area (Å²) >= 11 is 1.45. The molecule has 29 heavy (non-hydrogen) atoms. The second-order valence-electron chi connectivity index (χ2n) is 7.13. The van der Waals surface area contributed by atoms with Crippen LogP contribution in [0.4, 0.5) is 5.69 Å². The molecule has 3 aromatic rings. The summed E-state index contributed by atoms with van der Waals surface area (Å²) in [5.74, 6) is 0.814. The predicted molar refractivity (Wildman–Crippen MR) is 117 cm³/mol. The molecule has 0 bridgehead atoms. The average Bonchev–Trinajstić information content (AvgIpc) is 3.16. The van der Waals surface area contributed by atoms with E-state index in [0.29, 0.717) is 5.16 Å². The van der Waals surface area contributed by atoms with Gasteiger partial charge >= 0.3 is 0 Å². The van der Waals surface area contributed by atoms with Crippen molar-refractivity contribution in [2.45, 2.75) is 50.1 Å². The molecule has 1 aliphatic heterocycles. The van der Waals surface area contributed by atoms with E-state index >= 15 is 0 Å². The maximum atomic E-state index is 13.3. The molecule has 0 spiro atoms. The quantitative estimate of drug-likeness (QED) is 0.666. The van der Waals surface area contributed by atoms with Gasteiger partial charge in [-0.1, -0.05) is 68.1 Å². The first kappa shape index (κ1) is 19.5. The number of hydrogen-bond acceptors (Lipinski definition) is 5. The molecule has 0 saturated carbocycles. The normalized spacial score (nSPS) is 18.0. The van der Waals surface area contributed by atoms with Crippen LogP contribution in [0.5, 0.6) is 0 Å². The number of para-hydroxylation sites is 1. The molecule has 150 valence electrons. The van der Waals surface area contributed by atoms with Gasteiger partial charge in [0, 0.05) is 12.1 Å². The number of thioether (sulfide) groups is 1. The number of carbonyl (C=O) groups is 1. The van der Waals surface area contributed by atoms with E-state index in [1.807, 2.05) is 42.8 Å². The molecule has 7 heteroatoms. The van der Waals surface area contributed by atoms with Gasteiger partial charge in [-0.2, -0.15) is 0 Å². The minimum atomic E-state index is -0.372. The highest BCUT2D eigenvalue weighted by Gasteiger charge is 2.37. The Kier molecular flexibility index (Phi) is 5.58. The van der Waals surface area contributed by atoms with Crippen LogP contribution in [-0.4, -0.2) is 26.0 Å². The summed E-state index contributed by atoms with van der Waals surface area (Å²) < 4.78 is 1.92. The van der Waals surface area contributed by atoms with Crippen molar-refractivity contribution in [3.63, 3.8) is 0 Å². The summed E-state index contributed by atoms with van der Waals surface area (Å²) in [5.41, 5.74) is 7.71. The fraction of sp³-hybridized carbons (Fsp3) is 0.318. The van der Waals surface area contributed by atoms with Gasteiger partial charge in [0.25, 0.3) is 0 Å². The van der Waals surface area contributed by atoms with Crippen molar-refractivity contribution in [3.05, 3.63) is 71.0 Å².